The van der Waals surface area contributed by atoms with E-state index in [2.05, 4.69) is 10.6 Å². The zero-order chi connectivity index (χ0) is 14.4. The van der Waals surface area contributed by atoms with Gasteiger partial charge in [-0.2, -0.15) is 0 Å². The van der Waals surface area contributed by atoms with Gasteiger partial charge in [0.25, 0.3) is 5.91 Å². The fourth-order valence-corrected chi connectivity index (χ4v) is 2.33. The van der Waals surface area contributed by atoms with Crippen molar-refractivity contribution in [3.8, 4) is 0 Å². The Kier molecular flexibility index (Phi) is 5.12. The Labute approximate surface area is 119 Å². The van der Waals surface area contributed by atoms with Crippen LogP contribution in [0.4, 0.5) is 0 Å². The molecule has 0 spiro atoms. The summed E-state index contributed by atoms with van der Waals surface area (Å²) in [6, 6.07) is 9.29. The van der Waals surface area contributed by atoms with Crippen LogP contribution in [0.1, 0.15) is 23.2 Å². The first-order valence-electron chi connectivity index (χ1n) is 6.97. The number of rotatable bonds is 5. The van der Waals surface area contributed by atoms with E-state index in [4.69, 9.17) is 0 Å². The second-order valence-electron chi connectivity index (χ2n) is 5.12. The normalized spacial score (nSPS) is 17.8. The molecule has 1 fully saturated rings. The van der Waals surface area contributed by atoms with Gasteiger partial charge in [0.15, 0.2) is 0 Å². The lowest BCUT2D eigenvalue weighted by molar-refractivity contribution is -0.129. The molecule has 5 nitrogen and oxygen atoms in total. The average molecular weight is 275 g/mol. The number of carbonyl (C=O) groups is 2. The van der Waals surface area contributed by atoms with E-state index in [-0.39, 0.29) is 18.4 Å². The lowest BCUT2D eigenvalue weighted by Crippen LogP contribution is -2.43. The highest BCUT2D eigenvalue weighted by Crippen LogP contribution is 2.06. The Morgan fingerprint density at radius 3 is 2.75 bits per heavy atom. The minimum atomic E-state index is -0.216. The minimum Gasteiger partial charge on any atom is -0.343 e. The SMILES string of the molecule is CN(CC1CCCN1)C(=O)CNC(=O)c1ccccc1. The van der Waals surface area contributed by atoms with E-state index in [1.54, 1.807) is 36.2 Å². The fraction of sp³-hybridized carbons (Fsp3) is 0.467. The largest absolute Gasteiger partial charge is 0.343 e. The maximum Gasteiger partial charge on any atom is 0.251 e. The van der Waals surface area contributed by atoms with E-state index in [0.717, 1.165) is 19.4 Å². The standard InChI is InChI=1S/C15H21N3O2/c1-18(11-13-8-5-9-16-13)14(19)10-17-15(20)12-6-3-2-4-7-12/h2-4,6-7,13,16H,5,8-11H2,1H3,(H,17,20). The van der Waals surface area contributed by atoms with Crippen LogP contribution in [0.3, 0.4) is 0 Å². The minimum absolute atomic E-state index is 0.0386. The number of carbonyl (C=O) groups excluding carboxylic acids is 2. The van der Waals surface area contributed by atoms with E-state index in [1.165, 1.54) is 0 Å². The van der Waals surface area contributed by atoms with Crippen molar-refractivity contribution in [2.45, 2.75) is 18.9 Å². The third-order valence-corrected chi connectivity index (χ3v) is 3.52. The number of hydrogen-bond donors (Lipinski definition) is 2. The number of nitrogens with one attached hydrogen (secondary N) is 2. The molecule has 5 heteroatoms. The molecule has 0 aromatic heterocycles. The van der Waals surface area contributed by atoms with Crippen LogP contribution in [0.25, 0.3) is 0 Å². The molecule has 1 heterocycles. The summed E-state index contributed by atoms with van der Waals surface area (Å²) in [5, 5.41) is 6.01. The Balaban J connectivity index is 1.75. The maximum atomic E-state index is 11.9. The molecule has 0 bridgehead atoms. The fourth-order valence-electron chi connectivity index (χ4n) is 2.33. The molecule has 0 aliphatic carbocycles. The second-order valence-corrected chi connectivity index (χ2v) is 5.12. The van der Waals surface area contributed by atoms with E-state index >= 15 is 0 Å². The Morgan fingerprint density at radius 1 is 1.35 bits per heavy atom. The molecule has 1 aromatic rings. The molecule has 2 amide bonds. The van der Waals surface area contributed by atoms with Crippen molar-refractivity contribution in [3.05, 3.63) is 35.9 Å². The smallest absolute Gasteiger partial charge is 0.251 e. The van der Waals surface area contributed by atoms with Crippen molar-refractivity contribution in [2.75, 3.05) is 26.7 Å². The molecule has 108 valence electrons. The number of nitrogens with zero attached hydrogens (tertiary/aromatic N) is 1. The predicted molar refractivity (Wildman–Crippen MR) is 77.4 cm³/mol. The van der Waals surface area contributed by atoms with Gasteiger partial charge in [-0.1, -0.05) is 18.2 Å². The molecule has 1 aromatic carbocycles. The summed E-state index contributed by atoms with van der Waals surface area (Å²) in [6.45, 7) is 1.76. The molecule has 1 unspecified atom stereocenters. The van der Waals surface area contributed by atoms with Gasteiger partial charge in [-0.15, -0.1) is 0 Å². The monoisotopic (exact) mass is 275 g/mol. The van der Waals surface area contributed by atoms with Crippen LogP contribution >= 0.6 is 0 Å². The van der Waals surface area contributed by atoms with Gasteiger partial charge < -0.3 is 15.5 Å². The number of benzene rings is 1. The lowest BCUT2D eigenvalue weighted by atomic mass is 10.2. The molecule has 2 rings (SSSR count). The molecular weight excluding hydrogens is 254 g/mol. The van der Waals surface area contributed by atoms with Crippen LogP contribution in [0, 0.1) is 0 Å². The average Bonchev–Trinajstić information content (AvgIpc) is 2.98. The quantitative estimate of drug-likeness (QED) is 0.828. The van der Waals surface area contributed by atoms with E-state index in [9.17, 15) is 9.59 Å². The van der Waals surface area contributed by atoms with E-state index < -0.39 is 0 Å². The van der Waals surface area contributed by atoms with Gasteiger partial charge >= 0.3 is 0 Å². The highest BCUT2D eigenvalue weighted by Gasteiger charge is 2.19. The summed E-state index contributed by atoms with van der Waals surface area (Å²) < 4.78 is 0. The summed E-state index contributed by atoms with van der Waals surface area (Å²) in [5.74, 6) is -0.283. The summed E-state index contributed by atoms with van der Waals surface area (Å²) in [6.07, 6.45) is 2.27. The van der Waals surface area contributed by atoms with Crippen molar-refractivity contribution in [2.24, 2.45) is 0 Å². The highest BCUT2D eigenvalue weighted by atomic mass is 16.2. The van der Waals surface area contributed by atoms with Crippen molar-refractivity contribution in [1.29, 1.82) is 0 Å². The van der Waals surface area contributed by atoms with Crippen molar-refractivity contribution < 1.29 is 9.59 Å². The van der Waals surface area contributed by atoms with Crippen LogP contribution in [0.15, 0.2) is 30.3 Å². The molecule has 0 radical (unpaired) electrons. The first kappa shape index (κ1) is 14.5. The van der Waals surface area contributed by atoms with Gasteiger partial charge in [-0.05, 0) is 31.5 Å². The molecule has 1 atom stereocenters. The Hall–Kier alpha value is -1.88. The van der Waals surface area contributed by atoms with Crippen LogP contribution in [-0.4, -0.2) is 49.4 Å². The number of hydrogen-bond acceptors (Lipinski definition) is 3. The van der Waals surface area contributed by atoms with Gasteiger partial charge in [0.1, 0.15) is 0 Å². The zero-order valence-electron chi connectivity index (χ0n) is 11.8. The van der Waals surface area contributed by atoms with Crippen molar-refractivity contribution in [3.63, 3.8) is 0 Å². The Bertz CT molecular complexity index is 455. The first-order chi connectivity index (χ1) is 9.66. The zero-order valence-corrected chi connectivity index (χ0v) is 11.8. The van der Waals surface area contributed by atoms with Crippen LogP contribution in [0.5, 0.6) is 0 Å². The lowest BCUT2D eigenvalue weighted by Gasteiger charge is -2.21. The third kappa shape index (κ3) is 4.06. The van der Waals surface area contributed by atoms with Gasteiger partial charge in [-0.3, -0.25) is 9.59 Å². The third-order valence-electron chi connectivity index (χ3n) is 3.52. The van der Waals surface area contributed by atoms with Gasteiger partial charge in [-0.25, -0.2) is 0 Å². The molecule has 2 N–H and O–H groups in total. The van der Waals surface area contributed by atoms with E-state index in [1.807, 2.05) is 6.07 Å². The second kappa shape index (κ2) is 7.05. The molecule has 1 aliphatic rings. The van der Waals surface area contributed by atoms with Crippen molar-refractivity contribution in [1.82, 2.24) is 15.5 Å². The molecule has 0 saturated carbocycles. The number of amides is 2. The van der Waals surface area contributed by atoms with Gasteiger partial charge in [0.05, 0.1) is 6.54 Å². The summed E-state index contributed by atoms with van der Waals surface area (Å²) in [7, 11) is 1.77. The van der Waals surface area contributed by atoms with Crippen LogP contribution in [-0.2, 0) is 4.79 Å². The molecular formula is C15H21N3O2. The topological polar surface area (TPSA) is 61.4 Å². The summed E-state index contributed by atoms with van der Waals surface area (Å²) in [4.78, 5) is 25.4. The molecule has 20 heavy (non-hydrogen) atoms. The van der Waals surface area contributed by atoms with Crippen LogP contribution in [0.2, 0.25) is 0 Å². The summed E-state index contributed by atoms with van der Waals surface area (Å²) in [5.41, 5.74) is 0.570. The van der Waals surface area contributed by atoms with Crippen molar-refractivity contribution >= 4 is 11.8 Å². The summed E-state index contributed by atoms with van der Waals surface area (Å²) >= 11 is 0. The first-order valence-corrected chi connectivity index (χ1v) is 6.97. The Morgan fingerprint density at radius 2 is 2.10 bits per heavy atom. The van der Waals surface area contributed by atoms with E-state index in [0.29, 0.717) is 18.2 Å². The van der Waals surface area contributed by atoms with Crippen LogP contribution < -0.4 is 10.6 Å². The van der Waals surface area contributed by atoms with Gasteiger partial charge in [0.2, 0.25) is 5.91 Å². The predicted octanol–water partition coefficient (Wildman–Crippen LogP) is 0.627. The van der Waals surface area contributed by atoms with Gasteiger partial charge in [0, 0.05) is 25.2 Å². The molecule has 1 aliphatic heterocycles. The maximum absolute atomic E-state index is 11.9. The highest BCUT2D eigenvalue weighted by molar-refractivity contribution is 5.96. The number of likely N-dealkylation sites (N-methyl/N-ethyl adjacent to an activating group) is 1. The molecule has 1 saturated heterocycles.